The largest absolute Gasteiger partial charge is 0.362 e. The summed E-state index contributed by atoms with van der Waals surface area (Å²) in [4.78, 5) is 16.3. The van der Waals surface area contributed by atoms with Gasteiger partial charge < -0.3 is 15.5 Å². The normalized spacial score (nSPS) is 18.9. The number of nitriles is 1. The van der Waals surface area contributed by atoms with Crippen LogP contribution < -0.4 is 15.5 Å². The van der Waals surface area contributed by atoms with Gasteiger partial charge in [-0.3, -0.25) is 4.79 Å². The molecule has 0 saturated heterocycles. The van der Waals surface area contributed by atoms with Gasteiger partial charge in [0.1, 0.15) is 16.6 Å². The molecular formula is C24H31N4OS+. The Morgan fingerprint density at radius 1 is 1.33 bits per heavy atom. The SMILES string of the molecule is Cc1ccc2c(c1)CCCN2CC(=O)Nc1sc2c(c1C#N)CC(C)(C)[NH2+]C2(C)C. The lowest BCUT2D eigenvalue weighted by Gasteiger charge is -2.38. The predicted molar refractivity (Wildman–Crippen MR) is 122 cm³/mol. The zero-order valence-electron chi connectivity index (χ0n) is 18.6. The molecule has 30 heavy (non-hydrogen) atoms. The average Bonchev–Trinajstić information content (AvgIpc) is 2.97. The van der Waals surface area contributed by atoms with Crippen molar-refractivity contribution in [3.63, 3.8) is 0 Å². The fourth-order valence-electron chi connectivity index (χ4n) is 5.22. The van der Waals surface area contributed by atoms with E-state index in [0.717, 1.165) is 37.1 Å². The quantitative estimate of drug-likeness (QED) is 0.794. The van der Waals surface area contributed by atoms with E-state index in [-0.39, 0.29) is 17.0 Å². The maximum atomic E-state index is 13.0. The van der Waals surface area contributed by atoms with Crippen molar-refractivity contribution < 1.29 is 10.1 Å². The number of nitrogens with zero attached hydrogens (tertiary/aromatic N) is 2. The smallest absolute Gasteiger partial charge is 0.244 e. The molecule has 5 nitrogen and oxygen atoms in total. The molecule has 0 spiro atoms. The molecule has 6 heteroatoms. The van der Waals surface area contributed by atoms with Crippen molar-refractivity contribution in [1.29, 1.82) is 5.26 Å². The maximum absolute atomic E-state index is 13.0. The van der Waals surface area contributed by atoms with E-state index in [9.17, 15) is 10.1 Å². The molecule has 0 radical (unpaired) electrons. The summed E-state index contributed by atoms with van der Waals surface area (Å²) in [7, 11) is 0. The molecule has 1 aromatic carbocycles. The lowest BCUT2D eigenvalue weighted by Crippen LogP contribution is -3.03. The van der Waals surface area contributed by atoms with Gasteiger partial charge in [-0.25, -0.2) is 0 Å². The van der Waals surface area contributed by atoms with Crippen LogP contribution in [0.4, 0.5) is 10.7 Å². The number of hydrogen-bond acceptors (Lipinski definition) is 4. The fourth-order valence-corrected chi connectivity index (χ4v) is 6.48. The van der Waals surface area contributed by atoms with Gasteiger partial charge in [0, 0.05) is 18.7 Å². The molecule has 0 atom stereocenters. The lowest BCUT2D eigenvalue weighted by atomic mass is 9.81. The number of nitrogens with two attached hydrogens (primary N) is 1. The highest BCUT2D eigenvalue weighted by Gasteiger charge is 2.44. The van der Waals surface area contributed by atoms with Gasteiger partial charge in [0.15, 0.2) is 0 Å². The number of benzene rings is 1. The molecule has 2 aliphatic rings. The Labute approximate surface area is 183 Å². The summed E-state index contributed by atoms with van der Waals surface area (Å²) >= 11 is 1.57. The van der Waals surface area contributed by atoms with Gasteiger partial charge in [-0.15, -0.1) is 11.3 Å². The highest BCUT2D eigenvalue weighted by atomic mass is 32.1. The zero-order valence-corrected chi connectivity index (χ0v) is 19.4. The number of hydrogen-bond donors (Lipinski definition) is 2. The fraction of sp³-hybridized carbons (Fsp3) is 0.500. The molecule has 2 aliphatic heterocycles. The van der Waals surface area contributed by atoms with Crippen LogP contribution in [0.15, 0.2) is 18.2 Å². The average molecular weight is 424 g/mol. The second-order valence-corrected chi connectivity index (χ2v) is 11.0. The number of aryl methyl sites for hydroxylation is 2. The number of carbonyl (C=O) groups is 1. The van der Waals surface area contributed by atoms with Crippen molar-refractivity contribution >= 4 is 27.9 Å². The Balaban J connectivity index is 1.57. The summed E-state index contributed by atoms with van der Waals surface area (Å²) in [5, 5.41) is 16.0. The maximum Gasteiger partial charge on any atom is 0.244 e. The van der Waals surface area contributed by atoms with Gasteiger partial charge in [0.2, 0.25) is 5.91 Å². The van der Waals surface area contributed by atoms with Crippen LogP contribution in [-0.2, 0) is 23.2 Å². The minimum absolute atomic E-state index is 0.0279. The summed E-state index contributed by atoms with van der Waals surface area (Å²) in [5.74, 6) is -0.0560. The van der Waals surface area contributed by atoms with Crippen LogP contribution in [0.25, 0.3) is 0 Å². The summed E-state index contributed by atoms with van der Waals surface area (Å²) < 4.78 is 0. The van der Waals surface area contributed by atoms with Crippen LogP contribution in [0.5, 0.6) is 0 Å². The van der Waals surface area contributed by atoms with Gasteiger partial charge in [-0.05, 0) is 64.7 Å². The van der Waals surface area contributed by atoms with Crippen molar-refractivity contribution in [2.75, 3.05) is 23.3 Å². The van der Waals surface area contributed by atoms with E-state index in [2.05, 4.69) is 74.4 Å². The Morgan fingerprint density at radius 3 is 2.83 bits per heavy atom. The highest BCUT2D eigenvalue weighted by Crippen LogP contribution is 2.41. The van der Waals surface area contributed by atoms with Crippen LogP contribution in [0.3, 0.4) is 0 Å². The van der Waals surface area contributed by atoms with Crippen LogP contribution in [0.2, 0.25) is 0 Å². The first-order chi connectivity index (χ1) is 14.1. The summed E-state index contributed by atoms with van der Waals surface area (Å²) in [6, 6.07) is 8.84. The summed E-state index contributed by atoms with van der Waals surface area (Å²) in [6.45, 7) is 12.1. The van der Waals surface area contributed by atoms with Crippen molar-refractivity contribution in [1.82, 2.24) is 0 Å². The van der Waals surface area contributed by atoms with Crippen LogP contribution in [0, 0.1) is 18.3 Å². The number of amides is 1. The van der Waals surface area contributed by atoms with E-state index >= 15 is 0 Å². The van der Waals surface area contributed by atoms with Crippen molar-refractivity contribution in [2.45, 2.75) is 65.0 Å². The standard InChI is InChI=1S/C24H30N4OS/c1-15-8-9-19-16(11-15)7-6-10-28(19)14-20(29)26-22-18(13-25)17-12-23(2,3)27-24(4,5)21(17)30-22/h8-9,11,27H,6-7,10,12,14H2,1-5H3,(H,26,29)/p+1. The van der Waals surface area contributed by atoms with Crippen molar-refractivity contribution in [2.24, 2.45) is 0 Å². The van der Waals surface area contributed by atoms with E-state index in [1.54, 1.807) is 11.3 Å². The van der Waals surface area contributed by atoms with Gasteiger partial charge in [0.25, 0.3) is 0 Å². The summed E-state index contributed by atoms with van der Waals surface area (Å²) in [5.41, 5.74) is 5.40. The molecule has 4 rings (SSSR count). The van der Waals surface area contributed by atoms with E-state index in [1.807, 2.05) is 0 Å². The minimum atomic E-state index is -0.111. The monoisotopic (exact) mass is 423 g/mol. The first-order valence-electron chi connectivity index (χ1n) is 10.7. The van der Waals surface area contributed by atoms with Crippen LogP contribution >= 0.6 is 11.3 Å². The first-order valence-corrected chi connectivity index (χ1v) is 11.5. The predicted octanol–water partition coefficient (Wildman–Crippen LogP) is 3.45. The molecule has 0 unspecified atom stereocenters. The highest BCUT2D eigenvalue weighted by molar-refractivity contribution is 7.16. The van der Waals surface area contributed by atoms with Gasteiger partial charge in [-0.1, -0.05) is 17.7 Å². The number of fused-ring (bicyclic) bond motifs is 2. The molecule has 3 N–H and O–H groups in total. The zero-order chi connectivity index (χ0) is 21.7. The van der Waals surface area contributed by atoms with Gasteiger partial charge in [-0.2, -0.15) is 5.26 Å². The Morgan fingerprint density at radius 2 is 2.10 bits per heavy atom. The van der Waals surface area contributed by atoms with Gasteiger partial charge in [0.05, 0.1) is 22.5 Å². The third kappa shape index (κ3) is 3.84. The molecular weight excluding hydrogens is 392 g/mol. The molecule has 0 aliphatic carbocycles. The lowest BCUT2D eigenvalue weighted by molar-refractivity contribution is -0.789. The van der Waals surface area contributed by atoms with Crippen molar-refractivity contribution in [3.05, 3.63) is 45.3 Å². The van der Waals surface area contributed by atoms with Crippen LogP contribution in [0.1, 0.15) is 61.2 Å². The van der Waals surface area contributed by atoms with Crippen molar-refractivity contribution in [3.8, 4) is 6.07 Å². The second kappa shape index (κ2) is 7.40. The number of anilines is 2. The molecule has 1 amide bonds. The van der Waals surface area contributed by atoms with E-state index in [0.29, 0.717) is 17.1 Å². The first kappa shape index (κ1) is 20.9. The van der Waals surface area contributed by atoms with E-state index in [1.165, 1.54) is 16.0 Å². The van der Waals surface area contributed by atoms with E-state index in [4.69, 9.17) is 0 Å². The molecule has 158 valence electrons. The third-order valence-electron chi connectivity index (χ3n) is 6.13. The Hall–Kier alpha value is -2.36. The summed E-state index contributed by atoms with van der Waals surface area (Å²) in [6.07, 6.45) is 2.95. The Kier molecular flexibility index (Phi) is 5.16. The van der Waals surface area contributed by atoms with E-state index < -0.39 is 0 Å². The third-order valence-corrected chi connectivity index (χ3v) is 7.61. The van der Waals surface area contributed by atoms with Gasteiger partial charge >= 0.3 is 0 Å². The number of carbonyl (C=O) groups excluding carboxylic acids is 1. The number of quaternary nitrogens is 1. The molecule has 0 fully saturated rings. The molecule has 3 heterocycles. The molecule has 0 saturated carbocycles. The number of rotatable bonds is 3. The Bertz CT molecular complexity index is 1040. The molecule has 2 aromatic rings. The van der Waals surface area contributed by atoms with Crippen LogP contribution in [-0.4, -0.2) is 24.5 Å². The second-order valence-electron chi connectivity index (χ2n) is 9.96. The minimum Gasteiger partial charge on any atom is -0.362 e. The number of nitrogens with one attached hydrogen (secondary N) is 1. The molecule has 1 aromatic heterocycles. The molecule has 0 bridgehead atoms. The topological polar surface area (TPSA) is 72.7 Å². The number of thiophene rings is 1.